The quantitative estimate of drug-likeness (QED) is 0.162. The van der Waals surface area contributed by atoms with E-state index >= 15 is 0 Å². The van der Waals surface area contributed by atoms with E-state index in [1.165, 1.54) is 86.9 Å². The first kappa shape index (κ1) is 21.7. The first-order valence-electron chi connectivity index (χ1n) is 14.0. The second-order valence-corrected chi connectivity index (χ2v) is 10.8. The van der Waals surface area contributed by atoms with Crippen molar-refractivity contribution in [2.24, 2.45) is 0 Å². The van der Waals surface area contributed by atoms with Gasteiger partial charge in [-0.15, -0.1) is 0 Å². The molecule has 0 amide bonds. The fourth-order valence-corrected chi connectivity index (χ4v) is 7.10. The molecular formula is C40H24. The Hall–Kier alpha value is -5.20. The average molecular weight is 505 g/mol. The Labute approximate surface area is 232 Å². The monoisotopic (exact) mass is 504 g/mol. The van der Waals surface area contributed by atoms with E-state index in [9.17, 15) is 0 Å². The van der Waals surface area contributed by atoms with Crippen molar-refractivity contribution in [2.45, 2.75) is 0 Å². The van der Waals surface area contributed by atoms with E-state index in [1.54, 1.807) is 0 Å². The van der Waals surface area contributed by atoms with Gasteiger partial charge in [0.25, 0.3) is 0 Å². The van der Waals surface area contributed by atoms with Crippen LogP contribution in [0.3, 0.4) is 0 Å². The Morgan fingerprint density at radius 3 is 1.10 bits per heavy atom. The first-order valence-corrected chi connectivity index (χ1v) is 14.0. The number of rotatable bonds is 2. The number of hydrogen-bond donors (Lipinski definition) is 0. The molecule has 0 nitrogen and oxygen atoms in total. The molecule has 0 N–H and O–H groups in total. The van der Waals surface area contributed by atoms with Crippen molar-refractivity contribution in [2.75, 3.05) is 0 Å². The van der Waals surface area contributed by atoms with Gasteiger partial charge >= 0.3 is 0 Å². The van der Waals surface area contributed by atoms with E-state index in [0.717, 1.165) is 0 Å². The molecule has 184 valence electrons. The molecule has 0 saturated heterocycles. The number of hydrogen-bond acceptors (Lipinski definition) is 0. The average Bonchev–Trinajstić information content (AvgIpc) is 3.03. The summed E-state index contributed by atoms with van der Waals surface area (Å²) in [6.07, 6.45) is 0. The molecule has 0 aliphatic rings. The van der Waals surface area contributed by atoms with Crippen LogP contribution >= 0.6 is 0 Å². The topological polar surface area (TPSA) is 0 Å². The van der Waals surface area contributed by atoms with Crippen molar-refractivity contribution in [3.8, 4) is 22.3 Å². The minimum atomic E-state index is 1.25. The van der Waals surface area contributed by atoms with Gasteiger partial charge < -0.3 is 0 Å². The second-order valence-electron chi connectivity index (χ2n) is 10.8. The first-order chi connectivity index (χ1) is 19.9. The van der Waals surface area contributed by atoms with Gasteiger partial charge in [0.2, 0.25) is 0 Å². The molecule has 0 heteroatoms. The van der Waals surface area contributed by atoms with Gasteiger partial charge in [-0.1, -0.05) is 133 Å². The van der Waals surface area contributed by atoms with Gasteiger partial charge in [0, 0.05) is 0 Å². The minimum absolute atomic E-state index is 1.25. The zero-order chi connectivity index (χ0) is 26.2. The molecule has 0 fully saturated rings. The fourth-order valence-electron chi connectivity index (χ4n) is 7.10. The largest absolute Gasteiger partial charge is 0.0622 e. The Balaban J connectivity index is 1.60. The molecule has 9 aromatic rings. The van der Waals surface area contributed by atoms with Crippen LogP contribution in [0.4, 0.5) is 0 Å². The summed E-state index contributed by atoms with van der Waals surface area (Å²) in [4.78, 5) is 0. The van der Waals surface area contributed by atoms with E-state index in [2.05, 4.69) is 146 Å². The van der Waals surface area contributed by atoms with Crippen molar-refractivity contribution in [3.05, 3.63) is 146 Å². The standard InChI is InChI=1S/C40H24/c1-3-11-25(12-4-1)37-29-17-7-8-18-30(29)38(26-13-5-2-6-14-26)36-24-34-32-20-10-16-28-22-21-27-15-9-19-31(39(27)40(28)32)33(34)23-35(36)37/h1-24H. The maximum atomic E-state index is 2.48. The third-order valence-electron chi connectivity index (χ3n) is 8.75. The highest BCUT2D eigenvalue weighted by Gasteiger charge is 2.20. The predicted molar refractivity (Wildman–Crippen MR) is 174 cm³/mol. The summed E-state index contributed by atoms with van der Waals surface area (Å²) >= 11 is 0. The Kier molecular flexibility index (Phi) is 4.42. The third-order valence-corrected chi connectivity index (χ3v) is 8.75. The molecule has 0 atom stereocenters. The van der Waals surface area contributed by atoms with Gasteiger partial charge in [0.15, 0.2) is 0 Å². The van der Waals surface area contributed by atoms with Crippen LogP contribution < -0.4 is 0 Å². The molecule has 0 heterocycles. The lowest BCUT2D eigenvalue weighted by atomic mass is 9.83. The molecule has 0 bridgehead atoms. The number of fused-ring (bicyclic) bond motifs is 5. The van der Waals surface area contributed by atoms with Crippen LogP contribution in [0.15, 0.2) is 146 Å². The minimum Gasteiger partial charge on any atom is -0.0622 e. The SMILES string of the molecule is c1ccc(-c2c3ccccc3c(-c3ccccc3)c3cc4c(cc23)c2cccc3ccc5cccc4c5c32)cc1. The van der Waals surface area contributed by atoms with Crippen molar-refractivity contribution in [1.29, 1.82) is 0 Å². The molecule has 0 aromatic heterocycles. The van der Waals surface area contributed by atoms with Crippen molar-refractivity contribution in [3.63, 3.8) is 0 Å². The van der Waals surface area contributed by atoms with E-state index < -0.39 is 0 Å². The van der Waals surface area contributed by atoms with E-state index in [0.29, 0.717) is 0 Å². The molecule has 0 aliphatic heterocycles. The molecule has 9 aromatic carbocycles. The lowest BCUT2D eigenvalue weighted by Crippen LogP contribution is -1.93. The highest BCUT2D eigenvalue weighted by atomic mass is 14.2. The van der Waals surface area contributed by atoms with Crippen LogP contribution in [0, 0.1) is 0 Å². The van der Waals surface area contributed by atoms with Crippen LogP contribution in [-0.4, -0.2) is 0 Å². The molecule has 0 unspecified atom stereocenters. The van der Waals surface area contributed by atoms with Gasteiger partial charge in [0.1, 0.15) is 0 Å². The Morgan fingerprint density at radius 2 is 0.650 bits per heavy atom. The van der Waals surface area contributed by atoms with Gasteiger partial charge in [0.05, 0.1) is 0 Å². The van der Waals surface area contributed by atoms with Crippen LogP contribution in [0.25, 0.3) is 86.9 Å². The van der Waals surface area contributed by atoms with Gasteiger partial charge in [-0.3, -0.25) is 0 Å². The summed E-state index contributed by atoms with van der Waals surface area (Å²) in [6.45, 7) is 0. The van der Waals surface area contributed by atoms with Gasteiger partial charge in [-0.2, -0.15) is 0 Å². The summed E-state index contributed by atoms with van der Waals surface area (Å²) in [6, 6.07) is 53.8. The summed E-state index contributed by atoms with van der Waals surface area (Å²) in [5.74, 6) is 0. The molecule has 0 radical (unpaired) electrons. The normalized spacial score (nSPS) is 12.0. The smallest absolute Gasteiger partial charge is 0.00203 e. The Bertz CT molecular complexity index is 2230. The number of benzene rings is 9. The molecule has 40 heavy (non-hydrogen) atoms. The van der Waals surface area contributed by atoms with Crippen LogP contribution in [-0.2, 0) is 0 Å². The predicted octanol–water partition coefficient (Wildman–Crippen LogP) is 11.4. The maximum Gasteiger partial charge on any atom is -0.00203 e. The van der Waals surface area contributed by atoms with Crippen LogP contribution in [0.5, 0.6) is 0 Å². The molecule has 0 aliphatic carbocycles. The van der Waals surface area contributed by atoms with E-state index in [-0.39, 0.29) is 0 Å². The Morgan fingerprint density at radius 1 is 0.250 bits per heavy atom. The summed E-state index contributed by atoms with van der Waals surface area (Å²) in [7, 11) is 0. The van der Waals surface area contributed by atoms with Crippen LogP contribution in [0.2, 0.25) is 0 Å². The van der Waals surface area contributed by atoms with Crippen molar-refractivity contribution >= 4 is 64.6 Å². The molecular weight excluding hydrogens is 480 g/mol. The van der Waals surface area contributed by atoms with Crippen molar-refractivity contribution < 1.29 is 0 Å². The van der Waals surface area contributed by atoms with Crippen LogP contribution in [0.1, 0.15) is 0 Å². The van der Waals surface area contributed by atoms with E-state index in [1.807, 2.05) is 0 Å². The van der Waals surface area contributed by atoms with Gasteiger partial charge in [-0.25, -0.2) is 0 Å². The maximum absolute atomic E-state index is 2.48. The highest BCUT2D eigenvalue weighted by molar-refractivity contribution is 6.36. The second kappa shape index (κ2) is 8.15. The van der Waals surface area contributed by atoms with Gasteiger partial charge in [-0.05, 0) is 99.0 Å². The van der Waals surface area contributed by atoms with E-state index in [4.69, 9.17) is 0 Å². The highest BCUT2D eigenvalue weighted by Crippen LogP contribution is 2.48. The summed E-state index contributed by atoms with van der Waals surface area (Å²) < 4.78 is 0. The zero-order valence-corrected chi connectivity index (χ0v) is 21.9. The molecule has 0 spiro atoms. The summed E-state index contributed by atoms with van der Waals surface area (Å²) in [5, 5.41) is 15.8. The zero-order valence-electron chi connectivity index (χ0n) is 21.9. The summed E-state index contributed by atoms with van der Waals surface area (Å²) in [5.41, 5.74) is 5.11. The molecule has 0 saturated carbocycles. The fraction of sp³-hybridized carbons (Fsp3) is 0. The van der Waals surface area contributed by atoms with Crippen molar-refractivity contribution in [1.82, 2.24) is 0 Å². The third kappa shape index (κ3) is 2.91. The lowest BCUT2D eigenvalue weighted by Gasteiger charge is -2.20. The lowest BCUT2D eigenvalue weighted by molar-refractivity contribution is 1.66. The molecule has 9 rings (SSSR count).